The highest BCUT2D eigenvalue weighted by Gasteiger charge is 2.11. The highest BCUT2D eigenvalue weighted by Crippen LogP contribution is 2.28. The monoisotopic (exact) mass is 312 g/mol. The van der Waals surface area contributed by atoms with E-state index >= 15 is 0 Å². The minimum absolute atomic E-state index is 0.0265. The molecule has 2 heterocycles. The van der Waals surface area contributed by atoms with E-state index in [0.29, 0.717) is 24.6 Å². The number of thiophene rings is 1. The summed E-state index contributed by atoms with van der Waals surface area (Å²) in [5.74, 6) is -0.104. The molecule has 7 heteroatoms. The highest BCUT2D eigenvalue weighted by molar-refractivity contribution is 7.21. The molecule has 2 rings (SSSR count). The zero-order valence-corrected chi connectivity index (χ0v) is 12.5. The van der Waals surface area contributed by atoms with Crippen molar-refractivity contribution in [2.24, 2.45) is 0 Å². The molecule has 0 spiro atoms. The Morgan fingerprint density at radius 3 is 3.10 bits per heavy atom. The van der Waals surface area contributed by atoms with Crippen LogP contribution in [0.4, 0.5) is 0 Å². The third-order valence-corrected chi connectivity index (χ3v) is 4.48. The lowest BCUT2D eigenvalue weighted by atomic mass is 10.4. The summed E-state index contributed by atoms with van der Waals surface area (Å²) >= 11 is 3.00. The number of hydrogen-bond donors (Lipinski definition) is 2. The molecule has 0 aromatic carbocycles. The van der Waals surface area contributed by atoms with E-state index in [2.05, 4.69) is 10.3 Å². The molecule has 0 unspecified atom stereocenters. The Bertz CT molecular complexity index is 525. The molecule has 108 valence electrons. The molecule has 0 saturated heterocycles. The van der Waals surface area contributed by atoms with Crippen LogP contribution in [0, 0.1) is 0 Å². The lowest BCUT2D eigenvalue weighted by Crippen LogP contribution is -2.24. The fourth-order valence-electron chi connectivity index (χ4n) is 1.52. The molecule has 2 N–H and O–H groups in total. The molecule has 20 heavy (non-hydrogen) atoms. The van der Waals surface area contributed by atoms with Gasteiger partial charge in [-0.2, -0.15) is 0 Å². The predicted molar refractivity (Wildman–Crippen MR) is 80.3 cm³/mol. The van der Waals surface area contributed by atoms with Gasteiger partial charge in [0.05, 0.1) is 24.3 Å². The van der Waals surface area contributed by atoms with Gasteiger partial charge in [0, 0.05) is 13.2 Å². The van der Waals surface area contributed by atoms with Gasteiger partial charge in [0.1, 0.15) is 9.88 Å². The molecule has 2 aromatic heterocycles. The zero-order chi connectivity index (χ0) is 14.2. The van der Waals surface area contributed by atoms with Crippen molar-refractivity contribution in [2.75, 3.05) is 26.4 Å². The molecular weight excluding hydrogens is 296 g/mol. The lowest BCUT2D eigenvalue weighted by molar-refractivity contribution is 0.0869. The van der Waals surface area contributed by atoms with Gasteiger partial charge in [-0.1, -0.05) is 6.07 Å². The number of carbonyl (C=O) groups excluding carboxylic acids is 1. The van der Waals surface area contributed by atoms with Crippen LogP contribution in [-0.2, 0) is 4.74 Å². The average molecular weight is 312 g/mol. The van der Waals surface area contributed by atoms with E-state index in [1.165, 1.54) is 11.3 Å². The number of nitrogens with one attached hydrogen (secondary N) is 1. The third kappa shape index (κ3) is 4.38. The number of rotatable bonds is 8. The van der Waals surface area contributed by atoms with Crippen molar-refractivity contribution in [3.05, 3.63) is 28.6 Å². The Morgan fingerprint density at radius 1 is 1.45 bits per heavy atom. The van der Waals surface area contributed by atoms with E-state index in [0.717, 1.165) is 16.3 Å². The van der Waals surface area contributed by atoms with Crippen molar-refractivity contribution in [1.29, 1.82) is 0 Å². The fraction of sp³-hybridized carbons (Fsp3) is 0.385. The number of carbonyl (C=O) groups is 1. The van der Waals surface area contributed by atoms with Gasteiger partial charge in [-0.15, -0.1) is 22.7 Å². The van der Waals surface area contributed by atoms with Crippen LogP contribution in [0.1, 0.15) is 16.1 Å². The first-order valence-electron chi connectivity index (χ1n) is 6.28. The fourth-order valence-corrected chi connectivity index (χ4v) is 3.16. The van der Waals surface area contributed by atoms with E-state index in [1.807, 2.05) is 17.5 Å². The summed E-state index contributed by atoms with van der Waals surface area (Å²) in [4.78, 5) is 17.9. The number of nitrogens with zero attached hydrogens (tertiary/aromatic N) is 1. The van der Waals surface area contributed by atoms with Crippen LogP contribution in [0.25, 0.3) is 9.88 Å². The molecule has 0 atom stereocenters. The van der Waals surface area contributed by atoms with Crippen molar-refractivity contribution in [1.82, 2.24) is 10.3 Å². The quantitative estimate of drug-likeness (QED) is 0.731. The molecule has 0 fully saturated rings. The Labute approximate surface area is 125 Å². The first-order valence-corrected chi connectivity index (χ1v) is 7.97. The largest absolute Gasteiger partial charge is 0.394 e. The number of aliphatic hydroxyl groups excluding tert-OH is 1. The van der Waals surface area contributed by atoms with Crippen molar-refractivity contribution < 1.29 is 14.6 Å². The highest BCUT2D eigenvalue weighted by atomic mass is 32.1. The molecule has 0 saturated carbocycles. The zero-order valence-electron chi connectivity index (χ0n) is 10.9. The van der Waals surface area contributed by atoms with Crippen LogP contribution in [0.15, 0.2) is 23.7 Å². The van der Waals surface area contributed by atoms with E-state index < -0.39 is 0 Å². The summed E-state index contributed by atoms with van der Waals surface area (Å²) in [5.41, 5.74) is 0. The standard InChI is InChI=1S/C13H16N2O3S2/c16-5-7-18-6-2-4-14-12(17)11-9-15-13(20-11)10-3-1-8-19-10/h1,3,8-9,16H,2,4-7H2,(H,14,17). The number of hydrogen-bond acceptors (Lipinski definition) is 6. The summed E-state index contributed by atoms with van der Waals surface area (Å²) < 4.78 is 5.11. The van der Waals surface area contributed by atoms with Gasteiger partial charge in [-0.25, -0.2) is 4.98 Å². The van der Waals surface area contributed by atoms with Crippen molar-refractivity contribution >= 4 is 28.6 Å². The Morgan fingerprint density at radius 2 is 2.35 bits per heavy atom. The van der Waals surface area contributed by atoms with Crippen molar-refractivity contribution in [2.45, 2.75) is 6.42 Å². The Balaban J connectivity index is 1.76. The second-order valence-electron chi connectivity index (χ2n) is 3.95. The normalized spacial score (nSPS) is 10.7. The number of aromatic nitrogens is 1. The SMILES string of the molecule is O=C(NCCCOCCO)c1cnc(-c2cccs2)s1. The Hall–Kier alpha value is -1.28. The van der Waals surface area contributed by atoms with E-state index in [-0.39, 0.29) is 12.5 Å². The third-order valence-electron chi connectivity index (χ3n) is 2.45. The number of thiazole rings is 1. The van der Waals surface area contributed by atoms with Gasteiger partial charge in [-0.3, -0.25) is 4.79 Å². The van der Waals surface area contributed by atoms with Crippen molar-refractivity contribution in [3.8, 4) is 9.88 Å². The maximum Gasteiger partial charge on any atom is 0.263 e. The molecule has 0 bridgehead atoms. The van der Waals surface area contributed by atoms with Crippen LogP contribution in [0.2, 0.25) is 0 Å². The van der Waals surface area contributed by atoms with Crippen LogP contribution >= 0.6 is 22.7 Å². The average Bonchev–Trinajstić information content (AvgIpc) is 3.12. The van der Waals surface area contributed by atoms with Gasteiger partial charge in [0.2, 0.25) is 0 Å². The van der Waals surface area contributed by atoms with Gasteiger partial charge >= 0.3 is 0 Å². The minimum Gasteiger partial charge on any atom is -0.394 e. The summed E-state index contributed by atoms with van der Waals surface area (Å²) in [7, 11) is 0. The number of amides is 1. The molecule has 5 nitrogen and oxygen atoms in total. The first-order chi connectivity index (χ1) is 9.81. The molecular formula is C13H16N2O3S2. The van der Waals surface area contributed by atoms with Crippen LogP contribution in [0.3, 0.4) is 0 Å². The van der Waals surface area contributed by atoms with Crippen molar-refractivity contribution in [3.63, 3.8) is 0 Å². The predicted octanol–water partition coefficient (Wildman–Crippen LogP) is 2.00. The minimum atomic E-state index is -0.104. The van der Waals surface area contributed by atoms with E-state index in [9.17, 15) is 4.79 Å². The molecule has 0 aliphatic carbocycles. The lowest BCUT2D eigenvalue weighted by Gasteiger charge is -2.03. The summed E-state index contributed by atoms with van der Waals surface area (Å²) in [6.07, 6.45) is 2.33. The van der Waals surface area contributed by atoms with E-state index in [4.69, 9.17) is 9.84 Å². The van der Waals surface area contributed by atoms with Crippen LogP contribution in [0.5, 0.6) is 0 Å². The number of aliphatic hydroxyl groups is 1. The summed E-state index contributed by atoms with van der Waals surface area (Å²) in [5, 5.41) is 14.2. The topological polar surface area (TPSA) is 71.5 Å². The van der Waals surface area contributed by atoms with Gasteiger partial charge < -0.3 is 15.2 Å². The maximum absolute atomic E-state index is 11.9. The first kappa shape index (κ1) is 15.1. The van der Waals surface area contributed by atoms with Gasteiger partial charge in [0.25, 0.3) is 5.91 Å². The molecule has 2 aromatic rings. The second-order valence-corrected chi connectivity index (χ2v) is 5.93. The maximum atomic E-state index is 11.9. The molecule has 0 aliphatic rings. The van der Waals surface area contributed by atoms with Gasteiger partial charge in [0.15, 0.2) is 0 Å². The summed E-state index contributed by atoms with van der Waals surface area (Å²) in [6, 6.07) is 3.96. The van der Waals surface area contributed by atoms with Crippen LogP contribution < -0.4 is 5.32 Å². The Kier molecular flexibility index (Phi) is 6.13. The smallest absolute Gasteiger partial charge is 0.263 e. The molecule has 0 aliphatic heterocycles. The van der Waals surface area contributed by atoms with E-state index in [1.54, 1.807) is 17.5 Å². The number of ether oxygens (including phenoxy) is 1. The molecule has 1 amide bonds. The second kappa shape index (κ2) is 8.11. The van der Waals surface area contributed by atoms with Crippen LogP contribution in [-0.4, -0.2) is 42.4 Å². The van der Waals surface area contributed by atoms with Gasteiger partial charge in [-0.05, 0) is 17.9 Å². The summed E-state index contributed by atoms with van der Waals surface area (Å²) in [6.45, 7) is 1.45. The molecule has 0 radical (unpaired) electrons.